The zero-order chi connectivity index (χ0) is 23.8. The Morgan fingerprint density at radius 1 is 0.912 bits per heavy atom. The lowest BCUT2D eigenvalue weighted by atomic mass is 10.0. The zero-order valence-electron chi connectivity index (χ0n) is 19.4. The standard InChI is InChI=1S/C25H26N2O7/c1-30-8-6-26-5-4-7-27-23-15-10-20-21(34-13-33-20)11-16(15)24(28)22(23)14-9-18(31-2)19(32-3)12-17(14)25(27)29/h9-12,26H,4-8,13H2,1-3H3. The molecule has 0 fully saturated rings. The van der Waals surface area contributed by atoms with Gasteiger partial charge in [-0.1, -0.05) is 0 Å². The number of fused-ring (bicyclic) bond motifs is 6. The van der Waals surface area contributed by atoms with Crippen molar-refractivity contribution in [2.24, 2.45) is 0 Å². The topological polar surface area (TPSA) is 97.3 Å². The second-order valence-corrected chi connectivity index (χ2v) is 8.11. The van der Waals surface area contributed by atoms with Gasteiger partial charge in [-0.05, 0) is 37.2 Å². The van der Waals surface area contributed by atoms with Gasteiger partial charge in [0.25, 0.3) is 5.56 Å². The second-order valence-electron chi connectivity index (χ2n) is 8.11. The van der Waals surface area contributed by atoms with Crippen LogP contribution >= 0.6 is 0 Å². The third-order valence-electron chi connectivity index (χ3n) is 6.23. The number of hydrogen-bond donors (Lipinski definition) is 1. The van der Waals surface area contributed by atoms with Crippen molar-refractivity contribution in [2.45, 2.75) is 13.0 Å². The molecular weight excluding hydrogens is 440 g/mol. The first-order valence-electron chi connectivity index (χ1n) is 11.1. The molecular formula is C25H26N2O7. The lowest BCUT2D eigenvalue weighted by molar-refractivity contribution is 0.104. The largest absolute Gasteiger partial charge is 0.493 e. The first-order valence-corrected chi connectivity index (χ1v) is 11.1. The highest BCUT2D eigenvalue weighted by Crippen LogP contribution is 2.46. The molecule has 5 rings (SSSR count). The van der Waals surface area contributed by atoms with Crippen LogP contribution in [0, 0.1) is 0 Å². The van der Waals surface area contributed by atoms with Gasteiger partial charge < -0.3 is 33.6 Å². The fourth-order valence-corrected chi connectivity index (χ4v) is 4.62. The molecule has 1 aliphatic heterocycles. The summed E-state index contributed by atoms with van der Waals surface area (Å²) in [7, 11) is 4.70. The third kappa shape index (κ3) is 3.48. The van der Waals surface area contributed by atoms with Crippen molar-refractivity contribution in [3.8, 4) is 34.3 Å². The quantitative estimate of drug-likeness (QED) is 0.376. The van der Waals surface area contributed by atoms with Gasteiger partial charge in [-0.3, -0.25) is 9.59 Å². The Kier molecular flexibility index (Phi) is 5.89. The van der Waals surface area contributed by atoms with E-state index in [0.29, 0.717) is 82.3 Å². The van der Waals surface area contributed by atoms with E-state index in [1.165, 1.54) is 14.2 Å². The Morgan fingerprint density at radius 2 is 1.59 bits per heavy atom. The van der Waals surface area contributed by atoms with Crippen LogP contribution in [-0.4, -0.2) is 58.2 Å². The van der Waals surface area contributed by atoms with Gasteiger partial charge in [-0.25, -0.2) is 0 Å². The van der Waals surface area contributed by atoms with E-state index in [9.17, 15) is 9.59 Å². The average molecular weight is 466 g/mol. The molecule has 0 spiro atoms. The molecule has 34 heavy (non-hydrogen) atoms. The summed E-state index contributed by atoms with van der Waals surface area (Å²) >= 11 is 0. The molecule has 1 N–H and O–H groups in total. The van der Waals surface area contributed by atoms with Crippen molar-refractivity contribution >= 4 is 16.6 Å². The van der Waals surface area contributed by atoms with Crippen LogP contribution < -0.4 is 29.8 Å². The van der Waals surface area contributed by atoms with Crippen LogP contribution in [0.3, 0.4) is 0 Å². The van der Waals surface area contributed by atoms with Crippen LogP contribution in [-0.2, 0) is 11.3 Å². The van der Waals surface area contributed by atoms with Crippen LogP contribution in [0.15, 0.2) is 29.1 Å². The lowest BCUT2D eigenvalue weighted by Crippen LogP contribution is -2.26. The van der Waals surface area contributed by atoms with Crippen LogP contribution in [0.2, 0.25) is 0 Å². The van der Waals surface area contributed by atoms with Gasteiger partial charge in [0, 0.05) is 36.7 Å². The van der Waals surface area contributed by atoms with Gasteiger partial charge in [0.1, 0.15) is 0 Å². The highest BCUT2D eigenvalue weighted by atomic mass is 16.7. The first-order chi connectivity index (χ1) is 16.6. The molecule has 178 valence electrons. The molecule has 0 saturated heterocycles. The van der Waals surface area contributed by atoms with Gasteiger partial charge in [0.2, 0.25) is 6.79 Å². The number of aromatic nitrogens is 1. The fraction of sp³-hybridized carbons (Fsp3) is 0.360. The summed E-state index contributed by atoms with van der Waals surface area (Å²) in [5.74, 6) is 1.82. The SMILES string of the molecule is COCCNCCCn1c2c(c3cc(OC)c(OC)cc3c1=O)C(=O)c1cc3c(cc1-2)OCO3. The molecule has 0 amide bonds. The zero-order valence-corrected chi connectivity index (χ0v) is 19.4. The lowest BCUT2D eigenvalue weighted by Gasteiger charge is -2.17. The molecule has 1 aromatic heterocycles. The molecule has 0 saturated carbocycles. The number of rotatable bonds is 9. The number of methoxy groups -OCH3 is 3. The van der Waals surface area contributed by atoms with Crippen molar-refractivity contribution in [3.05, 3.63) is 45.7 Å². The molecule has 0 unspecified atom stereocenters. The maximum absolute atomic E-state index is 13.7. The molecule has 2 aliphatic rings. The molecule has 0 radical (unpaired) electrons. The number of ketones is 1. The van der Waals surface area contributed by atoms with Crippen molar-refractivity contribution in [2.75, 3.05) is 47.8 Å². The minimum atomic E-state index is -0.190. The molecule has 2 aromatic carbocycles. The smallest absolute Gasteiger partial charge is 0.259 e. The van der Waals surface area contributed by atoms with Gasteiger partial charge in [-0.2, -0.15) is 0 Å². The Hall–Kier alpha value is -3.56. The summed E-state index contributed by atoms with van der Waals surface area (Å²) in [6, 6.07) is 6.84. The summed E-state index contributed by atoms with van der Waals surface area (Å²) in [5.41, 5.74) is 2.05. The Bertz CT molecular complexity index is 1350. The summed E-state index contributed by atoms with van der Waals surface area (Å²) in [6.45, 7) is 2.59. The van der Waals surface area contributed by atoms with Gasteiger partial charge in [-0.15, -0.1) is 0 Å². The van der Waals surface area contributed by atoms with E-state index in [2.05, 4.69) is 5.32 Å². The molecule has 9 nitrogen and oxygen atoms in total. The number of carbonyl (C=O) groups is 1. The third-order valence-corrected chi connectivity index (χ3v) is 6.23. The molecule has 0 bridgehead atoms. The summed E-state index contributed by atoms with van der Waals surface area (Å²) < 4.78 is 28.7. The Labute approximate surface area is 196 Å². The van der Waals surface area contributed by atoms with Crippen molar-refractivity contribution < 1.29 is 28.5 Å². The second kappa shape index (κ2) is 9.00. The van der Waals surface area contributed by atoms with Crippen molar-refractivity contribution in [1.29, 1.82) is 0 Å². The number of ether oxygens (including phenoxy) is 5. The predicted molar refractivity (Wildman–Crippen MR) is 126 cm³/mol. The monoisotopic (exact) mass is 466 g/mol. The summed E-state index contributed by atoms with van der Waals surface area (Å²) in [5, 5.41) is 4.24. The number of nitrogens with one attached hydrogen (secondary N) is 1. The summed E-state index contributed by atoms with van der Waals surface area (Å²) in [4.78, 5) is 27.4. The number of carbonyl (C=O) groups excluding carboxylic acids is 1. The number of pyridine rings is 1. The normalized spacial score (nSPS) is 13.3. The maximum Gasteiger partial charge on any atom is 0.259 e. The predicted octanol–water partition coefficient (Wildman–Crippen LogP) is 2.58. The van der Waals surface area contributed by atoms with Crippen LogP contribution in [0.25, 0.3) is 22.0 Å². The Morgan fingerprint density at radius 3 is 2.26 bits per heavy atom. The average Bonchev–Trinajstić information content (AvgIpc) is 3.43. The molecule has 0 atom stereocenters. The minimum absolute atomic E-state index is 0.105. The Balaban J connectivity index is 1.69. The maximum atomic E-state index is 13.7. The van der Waals surface area contributed by atoms with E-state index in [0.717, 1.165) is 6.54 Å². The minimum Gasteiger partial charge on any atom is -0.493 e. The van der Waals surface area contributed by atoms with E-state index < -0.39 is 0 Å². The van der Waals surface area contributed by atoms with Crippen molar-refractivity contribution in [3.63, 3.8) is 0 Å². The molecule has 1 aliphatic carbocycles. The summed E-state index contributed by atoms with van der Waals surface area (Å²) in [6.07, 6.45) is 0.697. The van der Waals surface area contributed by atoms with E-state index in [1.807, 2.05) is 0 Å². The number of benzene rings is 2. The van der Waals surface area contributed by atoms with E-state index in [-0.39, 0.29) is 18.1 Å². The van der Waals surface area contributed by atoms with Crippen LogP contribution in [0.5, 0.6) is 23.0 Å². The van der Waals surface area contributed by atoms with Gasteiger partial charge in [0.05, 0.1) is 37.5 Å². The van der Waals surface area contributed by atoms with Crippen molar-refractivity contribution in [1.82, 2.24) is 9.88 Å². The number of nitrogens with zero attached hydrogens (tertiary/aromatic N) is 1. The van der Waals surface area contributed by atoms with Gasteiger partial charge in [0.15, 0.2) is 28.8 Å². The molecule has 9 heteroatoms. The van der Waals surface area contributed by atoms with E-state index in [4.69, 9.17) is 23.7 Å². The first kappa shape index (κ1) is 22.2. The molecule has 2 heterocycles. The van der Waals surface area contributed by atoms with E-state index >= 15 is 0 Å². The van der Waals surface area contributed by atoms with E-state index in [1.54, 1.807) is 35.9 Å². The highest BCUT2D eigenvalue weighted by Gasteiger charge is 2.35. The van der Waals surface area contributed by atoms with Crippen LogP contribution in [0.4, 0.5) is 0 Å². The highest BCUT2D eigenvalue weighted by molar-refractivity contribution is 6.27. The fourth-order valence-electron chi connectivity index (χ4n) is 4.62. The number of hydrogen-bond acceptors (Lipinski definition) is 8. The van der Waals surface area contributed by atoms with Crippen LogP contribution in [0.1, 0.15) is 22.3 Å². The molecule has 3 aromatic rings. The van der Waals surface area contributed by atoms with Gasteiger partial charge >= 0.3 is 0 Å².